The highest BCUT2D eigenvalue weighted by atomic mass is 35.5. The third-order valence-corrected chi connectivity index (χ3v) is 8.30. The number of anilines is 1. The summed E-state index contributed by atoms with van der Waals surface area (Å²) in [5.74, 6) is 1.40. The first-order valence-electron chi connectivity index (χ1n) is 17.7. The predicted molar refractivity (Wildman–Crippen MR) is 214 cm³/mol. The minimum atomic E-state index is -0.445. The zero-order valence-electron chi connectivity index (χ0n) is 32.2. The number of aromatic nitrogens is 1. The van der Waals surface area contributed by atoms with Crippen LogP contribution in [0, 0.1) is 35.9 Å². The SMILES string of the molecule is C=C(C)CCC(C)C.C=CC.CCC(C)CC.CCc1cc(CNc2cc(C)c(F)c(-c3ncccc3Cl)c2C=N)ccc1C(=O)C(C)C. The van der Waals surface area contributed by atoms with Crippen LogP contribution in [0.15, 0.2) is 67.4 Å². The maximum absolute atomic E-state index is 15.1. The Bertz CT molecular complexity index is 1470. The van der Waals surface area contributed by atoms with E-state index in [4.69, 9.17) is 17.0 Å². The van der Waals surface area contributed by atoms with Crippen LogP contribution in [0.25, 0.3) is 11.3 Å². The number of carbonyl (C=O) groups excluding carboxylic acids is 1. The van der Waals surface area contributed by atoms with Gasteiger partial charge in [0.15, 0.2) is 5.78 Å². The summed E-state index contributed by atoms with van der Waals surface area (Å²) in [7, 11) is 0. The number of nitrogens with zero attached hydrogens (tertiary/aromatic N) is 1. The molecule has 0 aliphatic carbocycles. The molecule has 0 bridgehead atoms. The highest BCUT2D eigenvalue weighted by molar-refractivity contribution is 6.33. The number of pyridine rings is 1. The van der Waals surface area contributed by atoms with Crippen molar-refractivity contribution in [2.45, 2.75) is 115 Å². The van der Waals surface area contributed by atoms with Crippen molar-refractivity contribution in [3.05, 3.63) is 106 Å². The van der Waals surface area contributed by atoms with E-state index in [0.717, 1.165) is 41.2 Å². The van der Waals surface area contributed by atoms with Crippen molar-refractivity contribution >= 4 is 29.3 Å². The number of rotatable bonds is 13. The summed E-state index contributed by atoms with van der Waals surface area (Å²) in [4.78, 5) is 16.7. The number of hydrogen-bond acceptors (Lipinski definition) is 4. The van der Waals surface area contributed by atoms with E-state index < -0.39 is 5.82 Å². The van der Waals surface area contributed by atoms with Gasteiger partial charge in [-0.05, 0) is 86.8 Å². The number of allylic oxidation sites excluding steroid dienone is 2. The van der Waals surface area contributed by atoms with Crippen LogP contribution in [0.4, 0.5) is 10.1 Å². The van der Waals surface area contributed by atoms with Crippen LogP contribution in [0.3, 0.4) is 0 Å². The van der Waals surface area contributed by atoms with Crippen molar-refractivity contribution in [2.24, 2.45) is 17.8 Å². The normalized spacial score (nSPS) is 10.3. The molecule has 0 spiro atoms. The van der Waals surface area contributed by atoms with Gasteiger partial charge < -0.3 is 10.7 Å². The van der Waals surface area contributed by atoms with Gasteiger partial charge in [-0.2, -0.15) is 0 Å². The Morgan fingerprint density at radius 3 is 2.12 bits per heavy atom. The van der Waals surface area contributed by atoms with Crippen LogP contribution >= 0.6 is 11.6 Å². The largest absolute Gasteiger partial charge is 0.380 e. The second-order valence-electron chi connectivity index (χ2n) is 13.3. The van der Waals surface area contributed by atoms with Gasteiger partial charge in [0.1, 0.15) is 5.82 Å². The zero-order valence-corrected chi connectivity index (χ0v) is 33.0. The molecule has 2 N–H and O–H groups in total. The first-order chi connectivity index (χ1) is 23.1. The minimum Gasteiger partial charge on any atom is -0.380 e. The number of aryl methyl sites for hydroxylation is 2. The van der Waals surface area contributed by atoms with Crippen LogP contribution in [0.5, 0.6) is 0 Å². The van der Waals surface area contributed by atoms with Crippen LogP contribution in [-0.2, 0) is 13.0 Å². The highest BCUT2D eigenvalue weighted by Gasteiger charge is 2.20. The van der Waals surface area contributed by atoms with Crippen LogP contribution in [0.2, 0.25) is 5.02 Å². The lowest BCUT2D eigenvalue weighted by atomic mass is 9.93. The summed E-state index contributed by atoms with van der Waals surface area (Å²) >= 11 is 6.28. The van der Waals surface area contributed by atoms with E-state index in [1.165, 1.54) is 31.3 Å². The van der Waals surface area contributed by atoms with E-state index in [-0.39, 0.29) is 17.3 Å². The maximum atomic E-state index is 15.1. The van der Waals surface area contributed by atoms with Gasteiger partial charge in [0.05, 0.1) is 10.7 Å². The van der Waals surface area contributed by atoms with Gasteiger partial charge in [-0.3, -0.25) is 9.78 Å². The molecule has 270 valence electrons. The molecule has 0 unspecified atom stereocenters. The van der Waals surface area contributed by atoms with Crippen LogP contribution < -0.4 is 5.32 Å². The summed E-state index contributed by atoms with van der Waals surface area (Å²) in [5.41, 5.74) is 6.02. The number of halogens is 2. The van der Waals surface area contributed by atoms with Crippen LogP contribution in [-0.4, -0.2) is 17.0 Å². The summed E-state index contributed by atoms with van der Waals surface area (Å²) in [6.07, 6.45) is 10.3. The summed E-state index contributed by atoms with van der Waals surface area (Å²) in [5, 5.41) is 11.6. The monoisotopic (exact) mass is 691 g/mol. The van der Waals surface area contributed by atoms with E-state index in [9.17, 15) is 4.79 Å². The van der Waals surface area contributed by atoms with E-state index >= 15 is 4.39 Å². The zero-order chi connectivity index (χ0) is 37.7. The molecule has 49 heavy (non-hydrogen) atoms. The second-order valence-corrected chi connectivity index (χ2v) is 13.7. The maximum Gasteiger partial charge on any atom is 0.165 e. The molecule has 0 aliphatic rings. The molecule has 0 saturated carbocycles. The van der Waals surface area contributed by atoms with Gasteiger partial charge >= 0.3 is 0 Å². The Hall–Kier alpha value is -3.57. The lowest BCUT2D eigenvalue weighted by Crippen LogP contribution is -2.11. The minimum absolute atomic E-state index is 0.0570. The van der Waals surface area contributed by atoms with Crippen LogP contribution in [0.1, 0.15) is 128 Å². The smallest absolute Gasteiger partial charge is 0.165 e. The van der Waals surface area contributed by atoms with Gasteiger partial charge in [-0.25, -0.2) is 4.39 Å². The number of ketones is 1. The molecule has 1 heterocycles. The lowest BCUT2D eigenvalue weighted by Gasteiger charge is -2.17. The molecule has 0 amide bonds. The Morgan fingerprint density at radius 2 is 1.69 bits per heavy atom. The molecule has 0 radical (unpaired) electrons. The number of benzene rings is 2. The molecule has 0 fully saturated rings. The van der Waals surface area contributed by atoms with Crippen molar-refractivity contribution in [3.8, 4) is 11.3 Å². The fraction of sp³-hybridized carbons (Fsp3) is 0.465. The number of nitrogens with one attached hydrogen (secondary N) is 2. The standard InChI is InChI=1S/C26H27ClFN3O.C8H16.C6H14.C3H6/c1-5-18-12-17(8-9-19(18)26(32)15(2)3)14-31-22-11-16(4)24(28)23(20(22)13-29)25-21(27)7-6-10-30-25;1-7(2)5-6-8(3)4;1-4-6(3)5-2;1-3-2/h6-13,15,29,31H,5,14H2,1-4H3;8H,1,5-6H2,2-4H3;6H,4-5H2,1-3H3;3H,1H2,2H3. The fourth-order valence-corrected chi connectivity index (χ4v) is 4.74. The average Bonchev–Trinajstić information content (AvgIpc) is 3.08. The van der Waals surface area contributed by atoms with E-state index in [2.05, 4.69) is 65.0 Å². The third-order valence-electron chi connectivity index (χ3n) is 7.99. The molecule has 4 nitrogen and oxygen atoms in total. The molecule has 0 saturated heterocycles. The molecule has 3 rings (SSSR count). The lowest BCUT2D eigenvalue weighted by molar-refractivity contribution is 0.0938. The topological polar surface area (TPSA) is 65.8 Å². The van der Waals surface area contributed by atoms with Gasteiger partial charge in [0, 0.05) is 47.3 Å². The first kappa shape index (κ1) is 45.4. The van der Waals surface area contributed by atoms with Crippen molar-refractivity contribution in [1.82, 2.24) is 4.98 Å². The van der Waals surface area contributed by atoms with Crippen molar-refractivity contribution < 1.29 is 9.18 Å². The van der Waals surface area contributed by atoms with Gasteiger partial charge in [0.2, 0.25) is 0 Å². The Balaban J connectivity index is 0.00000112. The molecular weight excluding hydrogens is 629 g/mol. The molecule has 1 aromatic heterocycles. The summed E-state index contributed by atoms with van der Waals surface area (Å²) in [6.45, 7) is 30.4. The Kier molecular flexibility index (Phi) is 22.8. The number of Topliss-reactive ketones (excluding diaryl/α,β-unsaturated/α-hetero) is 1. The van der Waals surface area contributed by atoms with Gasteiger partial charge in [-0.15, -0.1) is 13.2 Å². The van der Waals surface area contributed by atoms with E-state index in [0.29, 0.717) is 34.1 Å². The van der Waals surface area contributed by atoms with E-state index in [1.807, 2.05) is 45.9 Å². The Labute approximate surface area is 303 Å². The van der Waals surface area contributed by atoms with Crippen molar-refractivity contribution in [1.29, 1.82) is 5.41 Å². The quantitative estimate of drug-likeness (QED) is 0.106. The summed E-state index contributed by atoms with van der Waals surface area (Å²) in [6, 6.07) is 10.9. The number of carbonyl (C=O) groups is 1. The number of hydrogen-bond donors (Lipinski definition) is 2. The molecule has 3 aromatic rings. The summed E-state index contributed by atoms with van der Waals surface area (Å²) < 4.78 is 15.1. The molecule has 0 atom stereocenters. The molecule has 6 heteroatoms. The first-order valence-corrected chi connectivity index (χ1v) is 18.1. The van der Waals surface area contributed by atoms with E-state index in [1.54, 1.807) is 37.4 Å². The van der Waals surface area contributed by atoms with Crippen molar-refractivity contribution in [2.75, 3.05) is 5.32 Å². The highest BCUT2D eigenvalue weighted by Crippen LogP contribution is 2.35. The molecule has 2 aromatic carbocycles. The second kappa shape index (κ2) is 24.5. The Morgan fingerprint density at radius 1 is 1.08 bits per heavy atom. The van der Waals surface area contributed by atoms with Crippen molar-refractivity contribution in [3.63, 3.8) is 0 Å². The molecule has 0 aliphatic heterocycles. The molecular formula is C43H63ClFN3O. The third kappa shape index (κ3) is 16.1. The average molecular weight is 692 g/mol. The fourth-order valence-electron chi connectivity index (χ4n) is 4.53. The predicted octanol–water partition coefficient (Wildman–Crippen LogP) is 13.5. The van der Waals surface area contributed by atoms with Gasteiger partial charge in [0.25, 0.3) is 0 Å². The van der Waals surface area contributed by atoms with Gasteiger partial charge in [-0.1, -0.05) is 110 Å².